The molecule has 0 aliphatic heterocycles. The van der Waals surface area contributed by atoms with Gasteiger partial charge in [0, 0.05) is 9.58 Å². The summed E-state index contributed by atoms with van der Waals surface area (Å²) in [7, 11) is 0. The van der Waals surface area contributed by atoms with Crippen LogP contribution in [-0.4, -0.2) is 5.11 Å². The van der Waals surface area contributed by atoms with Crippen molar-refractivity contribution in [1.29, 1.82) is 0 Å². The Morgan fingerprint density at radius 1 is 1.27 bits per heavy atom. The van der Waals surface area contributed by atoms with Crippen molar-refractivity contribution in [1.82, 2.24) is 0 Å². The Hall–Kier alpha value is -0.860. The zero-order valence-corrected chi connectivity index (χ0v) is 9.92. The molecule has 0 spiro atoms. The van der Waals surface area contributed by atoms with Gasteiger partial charge in [-0.2, -0.15) is 0 Å². The lowest BCUT2D eigenvalue weighted by Gasteiger charge is -2.10. The SMILES string of the molecule is CC(C)CC(O)c1cc2ccccc2s1. The summed E-state index contributed by atoms with van der Waals surface area (Å²) in [5.74, 6) is 0.533. The molecule has 0 aliphatic rings. The van der Waals surface area contributed by atoms with Crippen LogP contribution in [0.2, 0.25) is 0 Å². The third kappa shape index (κ3) is 2.39. The van der Waals surface area contributed by atoms with Crippen LogP contribution in [0.5, 0.6) is 0 Å². The van der Waals surface area contributed by atoms with Gasteiger partial charge in [0.25, 0.3) is 0 Å². The Labute approximate surface area is 94.4 Å². The van der Waals surface area contributed by atoms with Crippen molar-refractivity contribution < 1.29 is 5.11 Å². The first kappa shape index (κ1) is 10.7. The van der Waals surface area contributed by atoms with E-state index in [0.29, 0.717) is 5.92 Å². The number of aliphatic hydroxyl groups is 1. The standard InChI is InChI=1S/C13H16OS/c1-9(2)7-11(14)13-8-10-5-3-4-6-12(10)15-13/h3-6,8-9,11,14H,7H2,1-2H3. The molecule has 0 bridgehead atoms. The lowest BCUT2D eigenvalue weighted by atomic mass is 10.0. The molecule has 1 nitrogen and oxygen atoms in total. The molecule has 2 heteroatoms. The van der Waals surface area contributed by atoms with Gasteiger partial charge in [-0.1, -0.05) is 32.0 Å². The normalized spacial score (nSPS) is 13.6. The van der Waals surface area contributed by atoms with Gasteiger partial charge >= 0.3 is 0 Å². The first-order valence-electron chi connectivity index (χ1n) is 5.33. The van der Waals surface area contributed by atoms with Gasteiger partial charge in [-0.15, -0.1) is 11.3 Å². The maximum Gasteiger partial charge on any atom is 0.0884 e. The van der Waals surface area contributed by atoms with Crippen molar-refractivity contribution in [2.75, 3.05) is 0 Å². The van der Waals surface area contributed by atoms with E-state index in [1.807, 2.05) is 12.1 Å². The number of fused-ring (bicyclic) bond motifs is 1. The number of hydrogen-bond acceptors (Lipinski definition) is 2. The smallest absolute Gasteiger partial charge is 0.0884 e. The molecule has 0 amide bonds. The van der Waals surface area contributed by atoms with E-state index in [4.69, 9.17) is 0 Å². The molecule has 0 aliphatic carbocycles. The minimum Gasteiger partial charge on any atom is -0.388 e. The van der Waals surface area contributed by atoms with Crippen molar-refractivity contribution in [3.05, 3.63) is 35.2 Å². The molecule has 0 fully saturated rings. The van der Waals surface area contributed by atoms with Crippen molar-refractivity contribution >= 4 is 21.4 Å². The summed E-state index contributed by atoms with van der Waals surface area (Å²) in [6.45, 7) is 4.27. The fraction of sp³-hybridized carbons (Fsp3) is 0.385. The Balaban J connectivity index is 2.28. The highest BCUT2D eigenvalue weighted by atomic mass is 32.1. The maximum atomic E-state index is 10.0. The molecule has 0 radical (unpaired) electrons. The van der Waals surface area contributed by atoms with Gasteiger partial charge in [0.15, 0.2) is 0 Å². The molecule has 1 aromatic heterocycles. The molecule has 1 aromatic carbocycles. The average Bonchev–Trinajstić information content (AvgIpc) is 2.59. The minimum atomic E-state index is -0.303. The van der Waals surface area contributed by atoms with Crippen molar-refractivity contribution in [2.24, 2.45) is 5.92 Å². The van der Waals surface area contributed by atoms with Crippen LogP contribution in [0, 0.1) is 5.92 Å². The second kappa shape index (κ2) is 4.33. The van der Waals surface area contributed by atoms with Gasteiger partial charge in [-0.3, -0.25) is 0 Å². The van der Waals surface area contributed by atoms with Crippen LogP contribution in [-0.2, 0) is 0 Å². The van der Waals surface area contributed by atoms with Crippen LogP contribution in [0.15, 0.2) is 30.3 Å². The largest absolute Gasteiger partial charge is 0.388 e. The Kier molecular flexibility index (Phi) is 3.08. The molecule has 80 valence electrons. The van der Waals surface area contributed by atoms with Crippen molar-refractivity contribution in [3.63, 3.8) is 0 Å². The monoisotopic (exact) mass is 220 g/mol. The summed E-state index contributed by atoms with van der Waals surface area (Å²) in [5.41, 5.74) is 0. The van der Waals surface area contributed by atoms with E-state index in [0.717, 1.165) is 11.3 Å². The fourth-order valence-corrected chi connectivity index (χ4v) is 2.79. The molecule has 1 N–H and O–H groups in total. The Bertz CT molecular complexity index is 411. The summed E-state index contributed by atoms with van der Waals surface area (Å²) >= 11 is 1.70. The van der Waals surface area contributed by atoms with Gasteiger partial charge in [-0.25, -0.2) is 0 Å². The quantitative estimate of drug-likeness (QED) is 0.829. The second-order valence-electron chi connectivity index (χ2n) is 4.33. The molecular formula is C13H16OS. The van der Waals surface area contributed by atoms with Crippen LogP contribution >= 0.6 is 11.3 Å². The third-order valence-corrected chi connectivity index (χ3v) is 3.68. The number of hydrogen-bond donors (Lipinski definition) is 1. The summed E-state index contributed by atoms with van der Waals surface area (Å²) in [6.07, 6.45) is 0.537. The molecular weight excluding hydrogens is 204 g/mol. The first-order valence-corrected chi connectivity index (χ1v) is 6.15. The number of benzene rings is 1. The molecule has 1 atom stereocenters. The van der Waals surface area contributed by atoms with Gasteiger partial charge < -0.3 is 5.11 Å². The van der Waals surface area contributed by atoms with E-state index in [2.05, 4.69) is 32.0 Å². The zero-order valence-electron chi connectivity index (χ0n) is 9.10. The van der Waals surface area contributed by atoms with Crippen LogP contribution in [0.4, 0.5) is 0 Å². The Morgan fingerprint density at radius 3 is 2.67 bits per heavy atom. The number of aliphatic hydroxyl groups excluding tert-OH is 1. The minimum absolute atomic E-state index is 0.303. The fourth-order valence-electron chi connectivity index (χ4n) is 1.73. The third-order valence-electron chi connectivity index (χ3n) is 2.47. The summed E-state index contributed by atoms with van der Waals surface area (Å²) in [4.78, 5) is 1.09. The van der Waals surface area contributed by atoms with E-state index in [9.17, 15) is 5.11 Å². The zero-order chi connectivity index (χ0) is 10.8. The van der Waals surface area contributed by atoms with Crippen molar-refractivity contribution in [2.45, 2.75) is 26.4 Å². The van der Waals surface area contributed by atoms with E-state index in [1.54, 1.807) is 11.3 Å². The van der Waals surface area contributed by atoms with Gasteiger partial charge in [0.1, 0.15) is 0 Å². The van der Waals surface area contributed by atoms with Crippen molar-refractivity contribution in [3.8, 4) is 0 Å². The van der Waals surface area contributed by atoms with E-state index in [1.165, 1.54) is 10.1 Å². The molecule has 1 unspecified atom stereocenters. The summed E-state index contributed by atoms with van der Waals surface area (Å²) < 4.78 is 1.26. The maximum absolute atomic E-state index is 10.0. The molecule has 2 aromatic rings. The topological polar surface area (TPSA) is 20.2 Å². The van der Waals surface area contributed by atoms with Gasteiger partial charge in [-0.05, 0) is 29.9 Å². The van der Waals surface area contributed by atoms with Crippen LogP contribution in [0.25, 0.3) is 10.1 Å². The van der Waals surface area contributed by atoms with E-state index in [-0.39, 0.29) is 6.10 Å². The highest BCUT2D eigenvalue weighted by Crippen LogP contribution is 2.32. The molecule has 15 heavy (non-hydrogen) atoms. The summed E-state index contributed by atoms with van der Waals surface area (Å²) in [6, 6.07) is 10.4. The second-order valence-corrected chi connectivity index (χ2v) is 5.45. The summed E-state index contributed by atoms with van der Waals surface area (Å²) in [5, 5.41) is 11.2. The Morgan fingerprint density at radius 2 is 2.00 bits per heavy atom. The lowest BCUT2D eigenvalue weighted by molar-refractivity contribution is 0.154. The lowest BCUT2D eigenvalue weighted by Crippen LogP contribution is -1.99. The van der Waals surface area contributed by atoms with E-state index < -0.39 is 0 Å². The highest BCUT2D eigenvalue weighted by molar-refractivity contribution is 7.19. The molecule has 0 saturated heterocycles. The van der Waals surface area contributed by atoms with Gasteiger partial charge in [0.2, 0.25) is 0 Å². The number of rotatable bonds is 3. The predicted molar refractivity (Wildman–Crippen MR) is 66.2 cm³/mol. The number of thiophene rings is 1. The highest BCUT2D eigenvalue weighted by Gasteiger charge is 2.12. The van der Waals surface area contributed by atoms with Crippen LogP contribution < -0.4 is 0 Å². The van der Waals surface area contributed by atoms with E-state index >= 15 is 0 Å². The van der Waals surface area contributed by atoms with Gasteiger partial charge in [0.05, 0.1) is 6.10 Å². The van der Waals surface area contributed by atoms with Crippen LogP contribution in [0.3, 0.4) is 0 Å². The van der Waals surface area contributed by atoms with Crippen LogP contribution in [0.1, 0.15) is 31.2 Å². The molecule has 1 heterocycles. The first-order chi connectivity index (χ1) is 7.16. The molecule has 0 saturated carbocycles. The predicted octanol–water partition coefficient (Wildman–Crippen LogP) is 3.98. The average molecular weight is 220 g/mol. The molecule has 2 rings (SSSR count).